The van der Waals surface area contributed by atoms with Crippen molar-refractivity contribution in [1.29, 1.82) is 0 Å². The Kier molecular flexibility index (Phi) is 7.64. The summed E-state index contributed by atoms with van der Waals surface area (Å²) >= 11 is 0. The molecule has 2 fully saturated rings. The Hall–Kier alpha value is -1.88. The van der Waals surface area contributed by atoms with Crippen LogP contribution in [0.3, 0.4) is 0 Å². The van der Waals surface area contributed by atoms with Gasteiger partial charge in [-0.25, -0.2) is 9.59 Å². The standard InChI is InChI=1S/C16H24N2O8/c19-11(15(23)25-13(21)9-3-1-5-17-7-9)12(20)16(24)26-14(22)10-4-2-6-18-8-10/h9-12,17-20H,1-8H2/t9-,10-,11?,12?/m1/s1. The third-order valence-corrected chi connectivity index (χ3v) is 4.44. The van der Waals surface area contributed by atoms with E-state index in [9.17, 15) is 29.4 Å². The van der Waals surface area contributed by atoms with E-state index in [1.165, 1.54) is 0 Å². The molecule has 4 N–H and O–H groups in total. The smallest absolute Gasteiger partial charge is 0.346 e. The third-order valence-electron chi connectivity index (χ3n) is 4.44. The van der Waals surface area contributed by atoms with E-state index in [2.05, 4.69) is 20.1 Å². The lowest BCUT2D eigenvalue weighted by Crippen LogP contribution is -2.45. The Labute approximate surface area is 150 Å². The Bertz CT molecular complexity index is 492. The zero-order valence-corrected chi connectivity index (χ0v) is 14.3. The summed E-state index contributed by atoms with van der Waals surface area (Å²) in [7, 11) is 0. The van der Waals surface area contributed by atoms with Gasteiger partial charge < -0.3 is 30.3 Å². The average Bonchev–Trinajstić information content (AvgIpc) is 2.67. The fraction of sp³-hybridized carbons (Fsp3) is 0.750. The summed E-state index contributed by atoms with van der Waals surface area (Å²) in [6.07, 6.45) is -2.10. The summed E-state index contributed by atoms with van der Waals surface area (Å²) in [5.41, 5.74) is 0. The molecule has 4 atom stereocenters. The molecule has 2 saturated heterocycles. The fourth-order valence-corrected chi connectivity index (χ4v) is 2.85. The number of piperidine rings is 2. The third kappa shape index (κ3) is 5.56. The Balaban J connectivity index is 1.81. The molecule has 2 aliphatic heterocycles. The minimum atomic E-state index is -2.32. The van der Waals surface area contributed by atoms with Crippen LogP contribution in [0.1, 0.15) is 25.7 Å². The number of hydrogen-bond acceptors (Lipinski definition) is 10. The lowest BCUT2D eigenvalue weighted by molar-refractivity contribution is -0.183. The van der Waals surface area contributed by atoms with Crippen LogP contribution >= 0.6 is 0 Å². The van der Waals surface area contributed by atoms with Crippen molar-refractivity contribution in [3.05, 3.63) is 0 Å². The molecule has 0 bridgehead atoms. The Morgan fingerprint density at radius 1 is 0.769 bits per heavy atom. The summed E-state index contributed by atoms with van der Waals surface area (Å²) < 4.78 is 9.03. The molecule has 0 aromatic carbocycles. The lowest BCUT2D eigenvalue weighted by atomic mass is 10.00. The minimum Gasteiger partial charge on any atom is -0.391 e. The van der Waals surface area contributed by atoms with Gasteiger partial charge in [-0.1, -0.05) is 0 Å². The zero-order valence-electron chi connectivity index (χ0n) is 14.3. The minimum absolute atomic E-state index is 0.344. The SMILES string of the molecule is O=C(OC(=O)[C@@H]1CCCNC1)C(O)C(O)C(=O)OC(=O)[C@@H]1CCCNC1. The molecule has 2 aliphatic rings. The van der Waals surface area contributed by atoms with Crippen LogP contribution in [0.5, 0.6) is 0 Å². The van der Waals surface area contributed by atoms with Gasteiger partial charge in [-0.2, -0.15) is 0 Å². The summed E-state index contributed by atoms with van der Waals surface area (Å²) in [5, 5.41) is 25.4. The average molecular weight is 372 g/mol. The summed E-state index contributed by atoms with van der Waals surface area (Å²) in [4.78, 5) is 47.2. The molecule has 0 saturated carbocycles. The van der Waals surface area contributed by atoms with E-state index in [0.29, 0.717) is 25.9 Å². The van der Waals surface area contributed by atoms with E-state index in [0.717, 1.165) is 25.9 Å². The van der Waals surface area contributed by atoms with Crippen LogP contribution in [0.15, 0.2) is 0 Å². The Morgan fingerprint density at radius 3 is 1.46 bits per heavy atom. The highest BCUT2D eigenvalue weighted by molar-refractivity contribution is 5.95. The van der Waals surface area contributed by atoms with Crippen molar-refractivity contribution in [3.8, 4) is 0 Å². The molecular formula is C16H24N2O8. The first-order valence-corrected chi connectivity index (χ1v) is 8.68. The number of rotatable bonds is 5. The van der Waals surface area contributed by atoms with Gasteiger partial charge in [0.15, 0.2) is 12.2 Å². The van der Waals surface area contributed by atoms with Crippen molar-refractivity contribution in [2.75, 3.05) is 26.2 Å². The van der Waals surface area contributed by atoms with Crippen LogP contribution in [0.4, 0.5) is 0 Å². The normalized spacial score (nSPS) is 25.6. The number of aliphatic hydroxyl groups is 2. The number of carbonyl (C=O) groups is 4. The van der Waals surface area contributed by atoms with Crippen LogP contribution in [-0.2, 0) is 28.7 Å². The molecule has 0 aliphatic carbocycles. The topological polar surface area (TPSA) is 151 Å². The van der Waals surface area contributed by atoms with Crippen molar-refractivity contribution >= 4 is 23.9 Å². The number of aliphatic hydroxyl groups excluding tert-OH is 2. The second kappa shape index (κ2) is 9.72. The van der Waals surface area contributed by atoms with Crippen molar-refractivity contribution in [1.82, 2.24) is 10.6 Å². The number of hydrogen-bond donors (Lipinski definition) is 4. The molecule has 0 aromatic rings. The Morgan fingerprint density at radius 2 is 1.15 bits per heavy atom. The second-order valence-electron chi connectivity index (χ2n) is 6.46. The largest absolute Gasteiger partial charge is 0.391 e. The second-order valence-corrected chi connectivity index (χ2v) is 6.46. The molecule has 2 unspecified atom stereocenters. The summed E-state index contributed by atoms with van der Waals surface area (Å²) in [6, 6.07) is 0. The fourth-order valence-electron chi connectivity index (χ4n) is 2.85. The number of esters is 4. The maximum absolute atomic E-state index is 11.8. The summed E-state index contributed by atoms with van der Waals surface area (Å²) in [5.74, 6) is -5.68. The van der Waals surface area contributed by atoms with Gasteiger partial charge in [0.25, 0.3) is 0 Å². The van der Waals surface area contributed by atoms with E-state index >= 15 is 0 Å². The zero-order chi connectivity index (χ0) is 19.1. The monoisotopic (exact) mass is 372 g/mol. The van der Waals surface area contributed by atoms with Gasteiger partial charge in [0.2, 0.25) is 0 Å². The molecule has 0 amide bonds. The van der Waals surface area contributed by atoms with Crippen LogP contribution in [0.2, 0.25) is 0 Å². The van der Waals surface area contributed by atoms with Gasteiger partial charge in [-0.15, -0.1) is 0 Å². The number of ether oxygens (including phenoxy) is 2. The highest BCUT2D eigenvalue weighted by atomic mass is 16.6. The van der Waals surface area contributed by atoms with Crippen molar-refractivity contribution in [2.45, 2.75) is 37.9 Å². The first kappa shape index (κ1) is 20.4. The predicted octanol–water partition coefficient (Wildman–Crippen LogP) is -2.15. The van der Waals surface area contributed by atoms with Gasteiger partial charge in [0.05, 0.1) is 11.8 Å². The van der Waals surface area contributed by atoms with E-state index in [1.54, 1.807) is 0 Å². The van der Waals surface area contributed by atoms with Gasteiger partial charge >= 0.3 is 23.9 Å². The summed E-state index contributed by atoms with van der Waals surface area (Å²) in [6.45, 7) is 2.21. The van der Waals surface area contributed by atoms with Crippen LogP contribution < -0.4 is 10.6 Å². The van der Waals surface area contributed by atoms with Crippen molar-refractivity contribution in [3.63, 3.8) is 0 Å². The lowest BCUT2D eigenvalue weighted by Gasteiger charge is -2.22. The van der Waals surface area contributed by atoms with Gasteiger partial charge in [-0.05, 0) is 38.8 Å². The molecule has 26 heavy (non-hydrogen) atoms. The van der Waals surface area contributed by atoms with E-state index in [-0.39, 0.29) is 0 Å². The number of nitrogens with one attached hydrogen (secondary N) is 2. The van der Waals surface area contributed by atoms with Crippen LogP contribution in [0, 0.1) is 11.8 Å². The van der Waals surface area contributed by atoms with Gasteiger partial charge in [-0.3, -0.25) is 9.59 Å². The van der Waals surface area contributed by atoms with Crippen molar-refractivity contribution < 1.29 is 38.9 Å². The van der Waals surface area contributed by atoms with Gasteiger partial charge in [0.1, 0.15) is 0 Å². The van der Waals surface area contributed by atoms with Crippen LogP contribution in [0.25, 0.3) is 0 Å². The maximum Gasteiger partial charge on any atom is 0.346 e. The first-order chi connectivity index (χ1) is 12.4. The van der Waals surface area contributed by atoms with Gasteiger partial charge in [0, 0.05) is 13.1 Å². The highest BCUT2D eigenvalue weighted by Gasteiger charge is 2.37. The van der Waals surface area contributed by atoms with E-state index in [4.69, 9.17) is 0 Å². The quantitative estimate of drug-likeness (QED) is 0.310. The molecule has 0 aromatic heterocycles. The van der Waals surface area contributed by atoms with E-state index < -0.39 is 47.9 Å². The maximum atomic E-state index is 11.8. The molecule has 146 valence electrons. The molecule has 2 heterocycles. The van der Waals surface area contributed by atoms with Crippen molar-refractivity contribution in [2.24, 2.45) is 11.8 Å². The molecule has 10 heteroatoms. The van der Waals surface area contributed by atoms with Crippen LogP contribution in [-0.4, -0.2) is 72.5 Å². The highest BCUT2D eigenvalue weighted by Crippen LogP contribution is 2.14. The molecule has 0 radical (unpaired) electrons. The molecular weight excluding hydrogens is 348 g/mol. The van der Waals surface area contributed by atoms with E-state index in [1.807, 2.05) is 0 Å². The molecule has 10 nitrogen and oxygen atoms in total. The molecule has 2 rings (SSSR count). The predicted molar refractivity (Wildman–Crippen MR) is 85.4 cm³/mol. The first-order valence-electron chi connectivity index (χ1n) is 8.68. The number of carbonyl (C=O) groups excluding carboxylic acids is 4. The molecule has 0 spiro atoms.